The fraction of sp³-hybridized carbons (Fsp3) is 0.778. The third-order valence-electron chi connectivity index (χ3n) is 3.68. The molecule has 0 spiro atoms. The van der Waals surface area contributed by atoms with Crippen LogP contribution >= 0.6 is 11.3 Å². The maximum Gasteiger partial charge on any atom is 0.191 e. The van der Waals surface area contributed by atoms with Gasteiger partial charge in [-0.1, -0.05) is 13.8 Å². The SMILES string of the molecule is CCNC(=NCc1nc(C(C)C)cs1)NCC(CCN(C)C)OCC. The van der Waals surface area contributed by atoms with Gasteiger partial charge in [-0.05, 0) is 40.3 Å². The van der Waals surface area contributed by atoms with Gasteiger partial charge in [-0.25, -0.2) is 9.98 Å². The van der Waals surface area contributed by atoms with Crippen molar-refractivity contribution in [1.29, 1.82) is 0 Å². The number of nitrogens with one attached hydrogen (secondary N) is 2. The molecule has 1 rings (SSSR count). The van der Waals surface area contributed by atoms with Gasteiger partial charge >= 0.3 is 0 Å². The summed E-state index contributed by atoms with van der Waals surface area (Å²) in [5.74, 6) is 1.28. The van der Waals surface area contributed by atoms with Gasteiger partial charge in [0, 0.05) is 31.6 Å². The van der Waals surface area contributed by atoms with Crippen molar-refractivity contribution in [2.24, 2.45) is 4.99 Å². The number of rotatable bonds is 11. The highest BCUT2D eigenvalue weighted by Gasteiger charge is 2.10. The molecule has 0 aliphatic heterocycles. The van der Waals surface area contributed by atoms with Crippen molar-refractivity contribution in [1.82, 2.24) is 20.5 Å². The molecule has 0 aromatic carbocycles. The summed E-state index contributed by atoms with van der Waals surface area (Å²) in [5.41, 5.74) is 1.15. The predicted octanol–water partition coefficient (Wildman–Crippen LogP) is 2.68. The molecular formula is C18H35N5OS. The van der Waals surface area contributed by atoms with E-state index in [0.717, 1.165) is 49.3 Å². The van der Waals surface area contributed by atoms with Crippen LogP contribution in [0.1, 0.15) is 50.7 Å². The van der Waals surface area contributed by atoms with Crippen molar-refractivity contribution >= 4 is 17.3 Å². The van der Waals surface area contributed by atoms with Gasteiger partial charge in [0.15, 0.2) is 5.96 Å². The van der Waals surface area contributed by atoms with Crippen LogP contribution in [-0.4, -0.2) is 62.3 Å². The van der Waals surface area contributed by atoms with Crippen LogP contribution in [-0.2, 0) is 11.3 Å². The first kappa shape index (κ1) is 21.9. The molecule has 1 unspecified atom stereocenters. The summed E-state index contributed by atoms with van der Waals surface area (Å²) in [6.45, 7) is 12.4. The van der Waals surface area contributed by atoms with Gasteiger partial charge in [0.05, 0.1) is 18.3 Å². The number of hydrogen-bond acceptors (Lipinski definition) is 5. The van der Waals surface area contributed by atoms with Crippen LogP contribution in [0.5, 0.6) is 0 Å². The predicted molar refractivity (Wildman–Crippen MR) is 108 cm³/mol. The number of hydrogen-bond donors (Lipinski definition) is 2. The van der Waals surface area contributed by atoms with E-state index in [0.29, 0.717) is 12.5 Å². The fourth-order valence-corrected chi connectivity index (χ4v) is 3.12. The van der Waals surface area contributed by atoms with Crippen LogP contribution in [0.2, 0.25) is 0 Å². The van der Waals surface area contributed by atoms with Crippen LogP contribution in [0.4, 0.5) is 0 Å². The van der Waals surface area contributed by atoms with E-state index in [1.54, 1.807) is 11.3 Å². The third-order valence-corrected chi connectivity index (χ3v) is 4.53. The maximum absolute atomic E-state index is 5.83. The number of thiazole rings is 1. The molecule has 0 saturated carbocycles. The summed E-state index contributed by atoms with van der Waals surface area (Å²) >= 11 is 1.68. The average molecular weight is 370 g/mol. The highest BCUT2D eigenvalue weighted by Crippen LogP contribution is 2.18. The molecule has 0 saturated heterocycles. The molecule has 0 radical (unpaired) electrons. The van der Waals surface area contributed by atoms with Gasteiger partial charge in [0.2, 0.25) is 0 Å². The molecule has 0 amide bonds. The van der Waals surface area contributed by atoms with E-state index in [1.807, 2.05) is 6.92 Å². The van der Waals surface area contributed by atoms with Crippen LogP contribution in [0, 0.1) is 0 Å². The van der Waals surface area contributed by atoms with Crippen LogP contribution in [0.25, 0.3) is 0 Å². The van der Waals surface area contributed by atoms with E-state index in [4.69, 9.17) is 4.74 Å². The summed E-state index contributed by atoms with van der Waals surface area (Å²) in [6.07, 6.45) is 1.18. The van der Waals surface area contributed by atoms with Crippen LogP contribution < -0.4 is 10.6 Å². The van der Waals surface area contributed by atoms with Gasteiger partial charge in [0.1, 0.15) is 5.01 Å². The van der Waals surface area contributed by atoms with E-state index in [9.17, 15) is 0 Å². The molecular weight excluding hydrogens is 334 g/mol. The Hall–Kier alpha value is -1.18. The minimum Gasteiger partial charge on any atom is -0.377 e. The van der Waals surface area contributed by atoms with Crippen molar-refractivity contribution < 1.29 is 4.74 Å². The summed E-state index contributed by atoms with van der Waals surface area (Å²) < 4.78 is 5.83. The lowest BCUT2D eigenvalue weighted by Gasteiger charge is -2.21. The molecule has 144 valence electrons. The zero-order valence-corrected chi connectivity index (χ0v) is 17.4. The van der Waals surface area contributed by atoms with E-state index in [1.165, 1.54) is 0 Å². The molecule has 1 atom stereocenters. The molecule has 1 aromatic rings. The number of nitrogens with zero attached hydrogens (tertiary/aromatic N) is 3. The van der Waals surface area contributed by atoms with E-state index in [2.05, 4.69) is 65.8 Å². The molecule has 0 aliphatic rings. The number of aliphatic imine (C=N–C) groups is 1. The Morgan fingerprint density at radius 2 is 2.08 bits per heavy atom. The Morgan fingerprint density at radius 1 is 1.32 bits per heavy atom. The second-order valence-corrected chi connectivity index (χ2v) is 7.51. The molecule has 6 nitrogen and oxygen atoms in total. The van der Waals surface area contributed by atoms with Crippen molar-refractivity contribution in [3.63, 3.8) is 0 Å². The normalized spacial score (nSPS) is 13.5. The van der Waals surface area contributed by atoms with Crippen molar-refractivity contribution in [3.05, 3.63) is 16.1 Å². The standard InChI is InChI=1S/C18H35N5OS/c1-7-19-18(20-11-15(24-8-2)9-10-23(5)6)21-12-17-22-16(13-25-17)14(3)4/h13-15H,7-12H2,1-6H3,(H2,19,20,21). The molecule has 25 heavy (non-hydrogen) atoms. The third kappa shape index (κ3) is 9.18. The van der Waals surface area contributed by atoms with Crippen molar-refractivity contribution in [2.75, 3.05) is 40.3 Å². The van der Waals surface area contributed by atoms with E-state index >= 15 is 0 Å². The summed E-state index contributed by atoms with van der Waals surface area (Å²) in [6, 6.07) is 0. The number of aromatic nitrogens is 1. The molecule has 1 heterocycles. The lowest BCUT2D eigenvalue weighted by Crippen LogP contribution is -2.42. The number of guanidine groups is 1. The average Bonchev–Trinajstić information content (AvgIpc) is 3.04. The topological polar surface area (TPSA) is 61.8 Å². The molecule has 0 bridgehead atoms. The van der Waals surface area contributed by atoms with Crippen LogP contribution in [0.3, 0.4) is 0 Å². The van der Waals surface area contributed by atoms with Gasteiger partial charge in [0.25, 0.3) is 0 Å². The molecule has 0 fully saturated rings. The number of ether oxygens (including phenoxy) is 1. The van der Waals surface area contributed by atoms with Gasteiger partial charge in [-0.15, -0.1) is 11.3 Å². The van der Waals surface area contributed by atoms with Gasteiger partial charge in [-0.2, -0.15) is 0 Å². The molecule has 1 aromatic heterocycles. The first-order valence-electron chi connectivity index (χ1n) is 9.19. The fourth-order valence-electron chi connectivity index (χ4n) is 2.24. The molecule has 2 N–H and O–H groups in total. The smallest absolute Gasteiger partial charge is 0.191 e. The Kier molecular flexibility index (Phi) is 10.7. The maximum atomic E-state index is 5.83. The molecule has 0 aliphatic carbocycles. The Morgan fingerprint density at radius 3 is 2.64 bits per heavy atom. The minimum absolute atomic E-state index is 0.184. The Labute approximate surface area is 157 Å². The highest BCUT2D eigenvalue weighted by molar-refractivity contribution is 7.09. The Bertz CT molecular complexity index is 501. The summed E-state index contributed by atoms with van der Waals surface area (Å²) in [7, 11) is 4.17. The van der Waals surface area contributed by atoms with E-state index < -0.39 is 0 Å². The first-order valence-corrected chi connectivity index (χ1v) is 10.1. The second-order valence-electron chi connectivity index (χ2n) is 6.57. The lowest BCUT2D eigenvalue weighted by molar-refractivity contribution is 0.0548. The Balaban J connectivity index is 2.57. The largest absolute Gasteiger partial charge is 0.377 e. The monoisotopic (exact) mass is 369 g/mol. The lowest BCUT2D eigenvalue weighted by atomic mass is 10.2. The van der Waals surface area contributed by atoms with Crippen molar-refractivity contribution in [3.8, 4) is 0 Å². The second kappa shape index (κ2) is 12.2. The quantitative estimate of drug-likeness (QED) is 0.464. The van der Waals surface area contributed by atoms with Gasteiger partial charge < -0.3 is 20.3 Å². The minimum atomic E-state index is 0.184. The van der Waals surface area contributed by atoms with Crippen molar-refractivity contribution in [2.45, 2.75) is 52.7 Å². The zero-order chi connectivity index (χ0) is 18.7. The molecule has 7 heteroatoms. The van der Waals surface area contributed by atoms with Crippen LogP contribution in [0.15, 0.2) is 10.4 Å². The summed E-state index contributed by atoms with van der Waals surface area (Å²) in [5, 5.41) is 9.87. The summed E-state index contributed by atoms with van der Waals surface area (Å²) in [4.78, 5) is 11.5. The van der Waals surface area contributed by atoms with E-state index in [-0.39, 0.29) is 6.10 Å². The van der Waals surface area contributed by atoms with Gasteiger partial charge in [-0.3, -0.25) is 0 Å². The first-order chi connectivity index (χ1) is 12.0. The highest BCUT2D eigenvalue weighted by atomic mass is 32.1. The zero-order valence-electron chi connectivity index (χ0n) is 16.6.